The second-order valence-electron chi connectivity index (χ2n) is 10.9. The van der Waals surface area contributed by atoms with Crippen LogP contribution in [0.15, 0.2) is 84.9 Å². The first kappa shape index (κ1) is 29.2. The number of likely N-dealkylation sites (tertiary alicyclic amines) is 1. The molecule has 2 amide bonds. The summed E-state index contributed by atoms with van der Waals surface area (Å²) in [5.74, 6) is -0.637. The normalized spacial score (nSPS) is 19.3. The van der Waals surface area contributed by atoms with Gasteiger partial charge in [0.1, 0.15) is 11.9 Å². The van der Waals surface area contributed by atoms with E-state index >= 15 is 0 Å². The summed E-state index contributed by atoms with van der Waals surface area (Å²) < 4.78 is 19.7. The molecule has 4 aromatic rings. The van der Waals surface area contributed by atoms with Crippen molar-refractivity contribution in [3.63, 3.8) is 0 Å². The predicted molar refractivity (Wildman–Crippen MR) is 169 cm³/mol. The van der Waals surface area contributed by atoms with Crippen LogP contribution in [0.3, 0.4) is 0 Å². The number of piperazine rings is 1. The third-order valence-corrected chi connectivity index (χ3v) is 8.60. The Morgan fingerprint density at radius 3 is 2.28 bits per heavy atom. The van der Waals surface area contributed by atoms with Gasteiger partial charge in [0, 0.05) is 67.1 Å². The number of amides is 2. The molecule has 2 saturated heterocycles. The van der Waals surface area contributed by atoms with Crippen LogP contribution in [-0.4, -0.2) is 73.2 Å². The quantitative estimate of drug-likeness (QED) is 0.245. The van der Waals surface area contributed by atoms with E-state index in [9.17, 15) is 14.0 Å². The van der Waals surface area contributed by atoms with Crippen molar-refractivity contribution in [3.05, 3.63) is 106 Å². The summed E-state index contributed by atoms with van der Waals surface area (Å²) in [7, 11) is 0. The number of rotatable bonds is 5. The van der Waals surface area contributed by atoms with Gasteiger partial charge in [-0.05, 0) is 59.3 Å². The van der Waals surface area contributed by atoms with Crippen molar-refractivity contribution in [1.82, 2.24) is 9.80 Å². The van der Waals surface area contributed by atoms with Crippen molar-refractivity contribution in [1.29, 1.82) is 0 Å². The molecule has 4 aromatic carbocycles. The maximum absolute atomic E-state index is 13.5. The van der Waals surface area contributed by atoms with Gasteiger partial charge in [0.05, 0.1) is 11.6 Å². The second kappa shape index (κ2) is 12.8. The van der Waals surface area contributed by atoms with Gasteiger partial charge in [-0.1, -0.05) is 59.6 Å². The number of nitrogens with zero attached hydrogens (tertiary/aromatic N) is 3. The molecule has 0 saturated carbocycles. The van der Waals surface area contributed by atoms with E-state index in [1.165, 1.54) is 12.1 Å². The zero-order chi connectivity index (χ0) is 29.9. The van der Waals surface area contributed by atoms with Crippen molar-refractivity contribution in [2.75, 3.05) is 49.5 Å². The second-order valence-corrected chi connectivity index (χ2v) is 11.7. The number of urea groups is 1. The number of carbonyl (C=O) groups is 2. The molecular formula is C33H31Cl2FN4O3. The van der Waals surface area contributed by atoms with Crippen LogP contribution >= 0.6 is 23.2 Å². The average molecular weight is 622 g/mol. The Morgan fingerprint density at radius 2 is 1.53 bits per heavy atom. The number of benzene rings is 4. The predicted octanol–water partition coefficient (Wildman–Crippen LogP) is 6.94. The third kappa shape index (κ3) is 6.72. The van der Waals surface area contributed by atoms with Crippen LogP contribution in [0.2, 0.25) is 10.0 Å². The van der Waals surface area contributed by atoms with Crippen molar-refractivity contribution >= 4 is 57.3 Å². The van der Waals surface area contributed by atoms with Gasteiger partial charge in [-0.2, -0.15) is 0 Å². The van der Waals surface area contributed by atoms with Crippen molar-refractivity contribution < 1.29 is 18.7 Å². The van der Waals surface area contributed by atoms with Gasteiger partial charge in [-0.25, -0.2) is 14.0 Å². The molecule has 0 spiro atoms. The van der Waals surface area contributed by atoms with E-state index in [0.717, 1.165) is 29.5 Å². The maximum atomic E-state index is 13.5. The lowest BCUT2D eigenvalue weighted by atomic mass is 9.99. The number of hydrogen-bond donors (Lipinski definition) is 1. The molecule has 2 aliphatic rings. The lowest BCUT2D eigenvalue weighted by Crippen LogP contribution is -2.61. The summed E-state index contributed by atoms with van der Waals surface area (Å²) in [6.07, 6.45) is 0.0804. The largest absolute Gasteiger partial charge is 0.457 e. The van der Waals surface area contributed by atoms with Crippen LogP contribution in [0.5, 0.6) is 0 Å². The number of carbonyl (C=O) groups excluding carboxylic acids is 2. The van der Waals surface area contributed by atoms with Gasteiger partial charge in [0.2, 0.25) is 0 Å². The Kier molecular flexibility index (Phi) is 8.70. The van der Waals surface area contributed by atoms with Crippen molar-refractivity contribution in [2.45, 2.75) is 18.6 Å². The van der Waals surface area contributed by atoms with Crippen LogP contribution < -0.4 is 10.2 Å². The summed E-state index contributed by atoms with van der Waals surface area (Å²) in [6, 6.07) is 24.3. The number of nitrogens with one attached hydrogen (secondary N) is 1. The molecule has 222 valence electrons. The number of hydrogen-bond acceptors (Lipinski definition) is 5. The molecule has 0 radical (unpaired) electrons. The van der Waals surface area contributed by atoms with Crippen LogP contribution in [-0.2, 0) is 4.74 Å². The Hall–Kier alpha value is -3.85. The fourth-order valence-corrected chi connectivity index (χ4v) is 6.51. The smallest absolute Gasteiger partial charge is 0.339 e. The zero-order valence-corrected chi connectivity index (χ0v) is 24.9. The molecule has 0 aliphatic carbocycles. The molecule has 7 nitrogen and oxygen atoms in total. The first-order chi connectivity index (χ1) is 20.8. The monoisotopic (exact) mass is 620 g/mol. The molecule has 0 aromatic heterocycles. The molecule has 43 heavy (non-hydrogen) atoms. The van der Waals surface area contributed by atoms with E-state index in [1.807, 2.05) is 36.4 Å². The topological polar surface area (TPSA) is 65.1 Å². The molecule has 2 atom stereocenters. The summed E-state index contributed by atoms with van der Waals surface area (Å²) in [5.41, 5.74) is 2.00. The molecule has 2 fully saturated rings. The van der Waals surface area contributed by atoms with Gasteiger partial charge < -0.3 is 19.9 Å². The number of halogens is 3. The highest BCUT2D eigenvalue weighted by Gasteiger charge is 2.39. The fourth-order valence-electron chi connectivity index (χ4n) is 5.98. The SMILES string of the molecule is O=C(O[C@@H]1CCN(C(=O)Nc2cc(Cl)cc(Cl)c2)C[C@H]1N1CCN(c2ccc(F)cc2)CC1)c1cccc2ccccc12. The van der Waals surface area contributed by atoms with Crippen LogP contribution in [0, 0.1) is 5.82 Å². The number of esters is 1. The molecule has 2 aliphatic heterocycles. The minimum atomic E-state index is -0.409. The van der Waals surface area contributed by atoms with Gasteiger partial charge in [0.25, 0.3) is 0 Å². The summed E-state index contributed by atoms with van der Waals surface area (Å²) >= 11 is 12.3. The summed E-state index contributed by atoms with van der Waals surface area (Å²) in [4.78, 5) is 33.1. The first-order valence-electron chi connectivity index (χ1n) is 14.3. The Bertz CT molecular complexity index is 1600. The number of anilines is 2. The number of fused-ring (bicyclic) bond motifs is 1. The summed E-state index contributed by atoms with van der Waals surface area (Å²) in [6.45, 7) is 3.63. The lowest BCUT2D eigenvalue weighted by molar-refractivity contribution is -0.0289. The first-order valence-corrected chi connectivity index (χ1v) is 15.0. The fraction of sp³-hybridized carbons (Fsp3) is 0.273. The molecule has 0 unspecified atom stereocenters. The van der Waals surface area contributed by atoms with Crippen LogP contribution in [0.4, 0.5) is 20.6 Å². The minimum Gasteiger partial charge on any atom is -0.457 e. The molecule has 6 rings (SSSR count). The highest BCUT2D eigenvalue weighted by Crippen LogP contribution is 2.28. The maximum Gasteiger partial charge on any atom is 0.339 e. The molecule has 10 heteroatoms. The van der Waals surface area contributed by atoms with E-state index in [2.05, 4.69) is 15.1 Å². The lowest BCUT2D eigenvalue weighted by Gasteiger charge is -2.46. The van der Waals surface area contributed by atoms with E-state index in [0.29, 0.717) is 53.9 Å². The van der Waals surface area contributed by atoms with E-state index in [4.69, 9.17) is 27.9 Å². The van der Waals surface area contributed by atoms with E-state index in [-0.39, 0.29) is 23.9 Å². The number of ether oxygens (including phenoxy) is 1. The van der Waals surface area contributed by atoms with Gasteiger partial charge in [-0.3, -0.25) is 4.90 Å². The molecule has 2 heterocycles. The Balaban J connectivity index is 1.20. The summed E-state index contributed by atoms with van der Waals surface area (Å²) in [5, 5.41) is 5.58. The third-order valence-electron chi connectivity index (χ3n) is 8.16. The Labute approximate surface area is 259 Å². The van der Waals surface area contributed by atoms with Crippen molar-refractivity contribution in [3.8, 4) is 0 Å². The highest BCUT2D eigenvalue weighted by molar-refractivity contribution is 6.35. The van der Waals surface area contributed by atoms with E-state index in [1.54, 1.807) is 41.3 Å². The van der Waals surface area contributed by atoms with Gasteiger partial charge >= 0.3 is 12.0 Å². The zero-order valence-electron chi connectivity index (χ0n) is 23.4. The van der Waals surface area contributed by atoms with Gasteiger partial charge in [-0.15, -0.1) is 0 Å². The van der Waals surface area contributed by atoms with Crippen LogP contribution in [0.1, 0.15) is 16.8 Å². The van der Waals surface area contributed by atoms with Gasteiger partial charge in [0.15, 0.2) is 0 Å². The molecule has 1 N–H and O–H groups in total. The van der Waals surface area contributed by atoms with E-state index < -0.39 is 6.10 Å². The Morgan fingerprint density at radius 1 is 0.837 bits per heavy atom. The standard InChI is InChI=1S/C33H31Cl2FN4O3/c34-23-18-24(35)20-26(19-23)37-33(42)40-13-12-31(43-32(41)29-7-3-5-22-4-1-2-6-28(22)29)30(21-40)39-16-14-38(15-17-39)27-10-8-25(36)9-11-27/h1-11,18-20,30-31H,12-17,21H2,(H,37,42)/t30-,31-/m1/s1. The number of piperidine rings is 1. The molecular weight excluding hydrogens is 590 g/mol. The molecule has 0 bridgehead atoms. The van der Waals surface area contributed by atoms with Crippen molar-refractivity contribution in [2.24, 2.45) is 0 Å². The minimum absolute atomic E-state index is 0.211. The average Bonchev–Trinajstić information content (AvgIpc) is 3.01. The highest BCUT2D eigenvalue weighted by atomic mass is 35.5. The van der Waals surface area contributed by atoms with Crippen LogP contribution in [0.25, 0.3) is 10.8 Å².